The van der Waals surface area contributed by atoms with Crippen molar-refractivity contribution in [1.82, 2.24) is 15.0 Å². The highest BCUT2D eigenvalue weighted by atomic mass is 32.1. The number of benzene rings is 3. The summed E-state index contributed by atoms with van der Waals surface area (Å²) in [6.45, 7) is 7.51. The molecular weight excluding hydrogens is 676 g/mol. The number of para-hydroxylation sites is 2. The van der Waals surface area contributed by atoms with Crippen LogP contribution < -0.4 is 15.1 Å². The van der Waals surface area contributed by atoms with E-state index >= 15 is 4.39 Å². The van der Waals surface area contributed by atoms with E-state index in [1.807, 2.05) is 49.4 Å². The Morgan fingerprint density at radius 1 is 0.981 bits per heavy atom. The molecule has 3 aliphatic rings. The maximum absolute atomic E-state index is 15.8. The summed E-state index contributed by atoms with van der Waals surface area (Å²) in [4.78, 5) is 46.6. The number of aromatic nitrogens is 3. The standard InChI is InChI=1S/C41H37FN6O3S/c1-24-18-30(38(43-21-24)47-22-41(23-47)13-16-51-17-14-41)39(49)44-27-10-11-28(31(42)20-27)40(50)48-15-12-26-19-34(52-36(26)29-7-3-4-9-33(29)48)37-45-32-8-5-6-25(2)35(32)46-37/h3-11,18-21H,12-17,22-23H2,1-2H3,(H,44,49)(H,45,46). The molecule has 2 N–H and O–H groups in total. The molecule has 0 unspecified atom stereocenters. The minimum Gasteiger partial charge on any atom is -0.381 e. The zero-order chi connectivity index (χ0) is 35.6. The minimum atomic E-state index is -0.700. The SMILES string of the molecule is Cc1cnc(N2CC3(CCOCC3)C2)c(C(=O)Nc2ccc(C(=O)N3CCc4cc(-c5nc6cccc(C)c6[nH]5)sc4-c4ccccc43)c(F)c2)c1. The van der Waals surface area contributed by atoms with Crippen LogP contribution in [0.15, 0.2) is 79.0 Å². The van der Waals surface area contributed by atoms with Gasteiger partial charge in [-0.25, -0.2) is 14.4 Å². The van der Waals surface area contributed by atoms with Crippen LogP contribution in [-0.2, 0) is 11.2 Å². The van der Waals surface area contributed by atoms with Crippen LogP contribution in [0.2, 0.25) is 0 Å². The Kier molecular flexibility index (Phi) is 7.93. The highest BCUT2D eigenvalue weighted by Crippen LogP contribution is 2.45. The van der Waals surface area contributed by atoms with Crippen LogP contribution in [0, 0.1) is 25.1 Å². The molecule has 3 aromatic carbocycles. The van der Waals surface area contributed by atoms with E-state index in [2.05, 4.69) is 39.2 Å². The lowest BCUT2D eigenvalue weighted by Gasteiger charge is -2.53. The second-order valence-electron chi connectivity index (χ2n) is 14.2. The number of thiophene rings is 1. The van der Waals surface area contributed by atoms with Gasteiger partial charge in [-0.2, -0.15) is 0 Å². The number of pyridine rings is 1. The second kappa shape index (κ2) is 12.7. The molecule has 2 amide bonds. The van der Waals surface area contributed by atoms with Gasteiger partial charge >= 0.3 is 0 Å². The summed E-state index contributed by atoms with van der Waals surface area (Å²) in [7, 11) is 0. The molecule has 6 aromatic rings. The van der Waals surface area contributed by atoms with E-state index in [4.69, 9.17) is 9.72 Å². The monoisotopic (exact) mass is 712 g/mol. The summed E-state index contributed by atoms with van der Waals surface area (Å²) in [5, 5.41) is 2.85. The number of ether oxygens (including phenoxy) is 1. The Bertz CT molecular complexity index is 2390. The number of anilines is 3. The lowest BCUT2D eigenvalue weighted by molar-refractivity contribution is -0.000510. The summed E-state index contributed by atoms with van der Waals surface area (Å²) < 4.78 is 21.4. The third-order valence-electron chi connectivity index (χ3n) is 10.7. The number of fused-ring (bicyclic) bond motifs is 4. The Morgan fingerprint density at radius 2 is 1.81 bits per heavy atom. The number of nitrogens with one attached hydrogen (secondary N) is 2. The molecule has 0 aliphatic carbocycles. The van der Waals surface area contributed by atoms with E-state index < -0.39 is 11.7 Å². The molecule has 3 aromatic heterocycles. The number of hydrogen-bond acceptors (Lipinski definition) is 7. The van der Waals surface area contributed by atoms with Gasteiger partial charge in [0.05, 0.1) is 32.7 Å². The van der Waals surface area contributed by atoms with Crippen molar-refractivity contribution in [3.63, 3.8) is 0 Å². The fourth-order valence-electron chi connectivity index (χ4n) is 7.84. The third-order valence-corrected chi connectivity index (χ3v) is 11.9. The van der Waals surface area contributed by atoms with Crippen LogP contribution in [-0.4, -0.2) is 59.6 Å². The van der Waals surface area contributed by atoms with Crippen molar-refractivity contribution in [3.05, 3.63) is 113 Å². The van der Waals surface area contributed by atoms with Crippen molar-refractivity contribution in [3.8, 4) is 21.1 Å². The van der Waals surface area contributed by atoms with Crippen molar-refractivity contribution >= 4 is 51.4 Å². The van der Waals surface area contributed by atoms with Crippen LogP contribution in [0.4, 0.5) is 21.6 Å². The van der Waals surface area contributed by atoms with Crippen LogP contribution in [0.5, 0.6) is 0 Å². The van der Waals surface area contributed by atoms with Gasteiger partial charge in [0.15, 0.2) is 0 Å². The Morgan fingerprint density at radius 3 is 2.62 bits per heavy atom. The topological polar surface area (TPSA) is 103 Å². The van der Waals surface area contributed by atoms with Crippen molar-refractivity contribution in [2.24, 2.45) is 5.41 Å². The summed E-state index contributed by atoms with van der Waals surface area (Å²) in [5.74, 6) is -0.0617. The molecule has 262 valence electrons. The van der Waals surface area contributed by atoms with E-state index in [9.17, 15) is 9.59 Å². The number of halogens is 1. The third kappa shape index (κ3) is 5.64. The number of amides is 2. The summed E-state index contributed by atoms with van der Waals surface area (Å²) in [6, 6.07) is 22.1. The van der Waals surface area contributed by atoms with Gasteiger partial charge in [-0.05, 0) is 92.3 Å². The van der Waals surface area contributed by atoms with Gasteiger partial charge in [-0.15, -0.1) is 11.3 Å². The van der Waals surface area contributed by atoms with Crippen molar-refractivity contribution < 1.29 is 18.7 Å². The molecule has 11 heteroatoms. The molecule has 0 bridgehead atoms. The second-order valence-corrected chi connectivity index (χ2v) is 15.3. The van der Waals surface area contributed by atoms with Gasteiger partial charge < -0.3 is 24.8 Å². The summed E-state index contributed by atoms with van der Waals surface area (Å²) >= 11 is 1.64. The highest BCUT2D eigenvalue weighted by Gasteiger charge is 2.45. The number of nitrogens with zero attached hydrogens (tertiary/aromatic N) is 4. The van der Waals surface area contributed by atoms with Gasteiger partial charge in [0, 0.05) is 60.6 Å². The molecule has 0 saturated carbocycles. The lowest BCUT2D eigenvalue weighted by atomic mass is 9.73. The smallest absolute Gasteiger partial charge is 0.261 e. The van der Waals surface area contributed by atoms with Gasteiger partial charge in [0.1, 0.15) is 17.5 Å². The molecule has 2 fully saturated rings. The Labute approximate surface area is 304 Å². The first kappa shape index (κ1) is 32.5. The van der Waals surface area contributed by atoms with Crippen molar-refractivity contribution in [2.75, 3.05) is 48.0 Å². The molecule has 9 rings (SSSR count). The summed E-state index contributed by atoms with van der Waals surface area (Å²) in [5.41, 5.74) is 7.57. The van der Waals surface area contributed by atoms with Gasteiger partial charge in [0.2, 0.25) is 0 Å². The first-order chi connectivity index (χ1) is 25.2. The van der Waals surface area contributed by atoms with Crippen LogP contribution in [0.3, 0.4) is 0 Å². The van der Waals surface area contributed by atoms with Gasteiger partial charge in [0.25, 0.3) is 11.8 Å². The van der Waals surface area contributed by atoms with Crippen LogP contribution >= 0.6 is 11.3 Å². The number of imidazole rings is 1. The maximum atomic E-state index is 15.8. The van der Waals surface area contributed by atoms with Crippen LogP contribution in [0.25, 0.3) is 32.2 Å². The van der Waals surface area contributed by atoms with E-state index in [1.165, 1.54) is 12.1 Å². The van der Waals surface area contributed by atoms with Crippen molar-refractivity contribution in [1.29, 1.82) is 0 Å². The molecule has 9 nitrogen and oxygen atoms in total. The molecule has 0 radical (unpaired) electrons. The minimum absolute atomic E-state index is 0.0587. The molecular formula is C41H37FN6O3S. The van der Waals surface area contributed by atoms with Crippen LogP contribution in [0.1, 0.15) is 50.2 Å². The van der Waals surface area contributed by atoms with Gasteiger partial charge in [-0.3, -0.25) is 9.59 Å². The molecule has 0 atom stereocenters. The van der Waals surface area contributed by atoms with Gasteiger partial charge in [-0.1, -0.05) is 30.3 Å². The molecule has 2 saturated heterocycles. The lowest BCUT2D eigenvalue weighted by Crippen LogP contribution is -2.59. The Balaban J connectivity index is 0.948. The van der Waals surface area contributed by atoms with E-state index in [0.717, 1.165) is 93.7 Å². The fourth-order valence-corrected chi connectivity index (χ4v) is 9.03. The number of aryl methyl sites for hydroxylation is 2. The summed E-state index contributed by atoms with van der Waals surface area (Å²) in [6.07, 6.45) is 4.37. The zero-order valence-corrected chi connectivity index (χ0v) is 29.8. The first-order valence-electron chi connectivity index (χ1n) is 17.7. The maximum Gasteiger partial charge on any atom is 0.261 e. The quantitative estimate of drug-likeness (QED) is 0.187. The number of hydrogen-bond donors (Lipinski definition) is 2. The first-order valence-corrected chi connectivity index (χ1v) is 18.5. The van der Waals surface area contributed by atoms with E-state index in [-0.39, 0.29) is 22.6 Å². The average molecular weight is 713 g/mol. The zero-order valence-electron chi connectivity index (χ0n) is 29.0. The fraction of sp³-hybridized carbons (Fsp3) is 0.268. The van der Waals surface area contributed by atoms with E-state index in [1.54, 1.807) is 28.5 Å². The predicted octanol–water partition coefficient (Wildman–Crippen LogP) is 8.18. The molecule has 52 heavy (non-hydrogen) atoms. The Hall–Kier alpha value is -5.39. The number of rotatable bonds is 5. The number of aromatic amines is 1. The van der Waals surface area contributed by atoms with E-state index in [0.29, 0.717) is 24.3 Å². The highest BCUT2D eigenvalue weighted by molar-refractivity contribution is 7.19. The predicted molar refractivity (Wildman–Crippen MR) is 203 cm³/mol. The van der Waals surface area contributed by atoms with Crippen molar-refractivity contribution in [2.45, 2.75) is 33.1 Å². The normalized spacial score (nSPS) is 16.3. The largest absolute Gasteiger partial charge is 0.381 e. The average Bonchev–Trinajstić information content (AvgIpc) is 3.73. The molecule has 3 aliphatic heterocycles. The number of H-pyrrole nitrogens is 1. The molecule has 1 spiro atoms. The molecule has 6 heterocycles. The number of carbonyl (C=O) groups excluding carboxylic acids is 2. The number of carbonyl (C=O) groups is 2.